The van der Waals surface area contributed by atoms with Gasteiger partial charge in [0.15, 0.2) is 5.82 Å². The predicted molar refractivity (Wildman–Crippen MR) is 287 cm³/mol. The standard InChI is InChI=1S/C19H14F3N7OS.C11H11N5.C8H4BrF3N2OS.C7H7BrN2.C4H5N3/c20-19(21,22)18-27-17(28-30-18)14-4-3-12(31-14)9-29(15-8-23-5-6-25-15)13-7-24-10-26-16(13)11-1-2-11;1-2-8(1)11-9(5-13-7-15-11)16-10-6-12-3-4-14-10;9-3-4-1-2-5(16-4)6-13-7(15-14-6)8(10,11)12;8-6-3-9-4-10-7(6)5-1-2-5;5-4-3-6-1-2-7-4/h3-8,10-11H,1-2,9H2;3-8H,1-2H2,(H,14,16);1-2H,3H2;3-5H,1-2H2;1-3H,(H2,5,7). The highest BCUT2D eigenvalue weighted by Crippen LogP contribution is 2.45. The van der Waals surface area contributed by atoms with Crippen LogP contribution in [0.15, 0.2) is 131 Å². The summed E-state index contributed by atoms with van der Waals surface area (Å²) in [4.78, 5) is 60.8. The Morgan fingerprint density at radius 2 is 1.10 bits per heavy atom. The molecule has 0 unspecified atom stereocenters. The van der Waals surface area contributed by atoms with E-state index in [1.165, 1.54) is 66.6 Å². The summed E-state index contributed by atoms with van der Waals surface area (Å²) in [6, 6.07) is 6.93. The second-order valence-corrected chi connectivity index (χ2v) is 20.9. The van der Waals surface area contributed by atoms with Gasteiger partial charge in [-0.2, -0.15) is 36.3 Å². The third-order valence-electron chi connectivity index (χ3n) is 11.1. The molecule has 13 rings (SSSR count). The molecule has 3 N–H and O–H groups in total. The number of anilines is 5. The number of halogens is 8. The number of nitrogens with zero attached hydrogens (tertiary/aromatic N) is 17. The average Bonchev–Trinajstić information content (AvgIpc) is 4.46. The van der Waals surface area contributed by atoms with Crippen LogP contribution >= 0.6 is 54.5 Å². The highest BCUT2D eigenvalue weighted by molar-refractivity contribution is 9.10. The first-order chi connectivity index (χ1) is 38.7. The number of nitrogens with one attached hydrogen (secondary N) is 1. The van der Waals surface area contributed by atoms with E-state index in [0.29, 0.717) is 51.0 Å². The summed E-state index contributed by atoms with van der Waals surface area (Å²) >= 11 is 9.24. The number of aromatic nitrogens is 16. The normalized spacial score (nSPS) is 13.7. The molecule has 412 valence electrons. The topological polar surface area (TPSA) is 274 Å². The molecule has 3 aliphatic carbocycles. The van der Waals surface area contributed by atoms with E-state index in [1.54, 1.807) is 99.0 Å². The van der Waals surface area contributed by atoms with Gasteiger partial charge >= 0.3 is 24.1 Å². The van der Waals surface area contributed by atoms with Crippen molar-refractivity contribution >= 4 is 83.4 Å². The molecule has 0 atom stereocenters. The molecule has 0 amide bonds. The van der Waals surface area contributed by atoms with Crippen molar-refractivity contribution in [2.24, 2.45) is 0 Å². The Labute approximate surface area is 474 Å². The number of thiophene rings is 2. The van der Waals surface area contributed by atoms with Gasteiger partial charge in [0.1, 0.15) is 30.6 Å². The van der Waals surface area contributed by atoms with Gasteiger partial charge in [0.2, 0.25) is 11.6 Å². The maximum Gasteiger partial charge on any atom is 0.471 e. The summed E-state index contributed by atoms with van der Waals surface area (Å²) in [6.45, 7) is 0.403. The van der Waals surface area contributed by atoms with Gasteiger partial charge in [0, 0.05) is 76.2 Å². The molecule has 3 fully saturated rings. The Kier molecular flexibility index (Phi) is 18.7. The van der Waals surface area contributed by atoms with Crippen LogP contribution < -0.4 is 16.0 Å². The number of nitrogen functional groups attached to an aromatic ring is 1. The first-order valence-electron chi connectivity index (χ1n) is 23.9. The highest BCUT2D eigenvalue weighted by Gasteiger charge is 2.40. The van der Waals surface area contributed by atoms with Gasteiger partial charge in [-0.25, -0.2) is 44.9 Å². The number of hydrogen-bond donors (Lipinski definition) is 2. The van der Waals surface area contributed by atoms with Crippen LogP contribution in [0.3, 0.4) is 0 Å². The van der Waals surface area contributed by atoms with E-state index < -0.39 is 24.1 Å². The molecule has 21 nitrogen and oxygen atoms in total. The van der Waals surface area contributed by atoms with E-state index >= 15 is 0 Å². The Balaban J connectivity index is 0.000000133. The molecule has 31 heteroatoms. The van der Waals surface area contributed by atoms with Gasteiger partial charge in [-0.15, -0.1) is 22.7 Å². The first kappa shape index (κ1) is 56.8. The molecule has 0 aromatic carbocycles. The second-order valence-electron chi connectivity index (χ2n) is 17.2. The summed E-state index contributed by atoms with van der Waals surface area (Å²) in [7, 11) is 0. The van der Waals surface area contributed by atoms with Crippen LogP contribution in [0.4, 0.5) is 55.2 Å². The van der Waals surface area contributed by atoms with Crippen LogP contribution in [0.2, 0.25) is 0 Å². The van der Waals surface area contributed by atoms with Crippen molar-refractivity contribution < 1.29 is 35.4 Å². The van der Waals surface area contributed by atoms with Crippen LogP contribution in [-0.4, -0.2) is 80.1 Å². The second kappa shape index (κ2) is 26.4. The number of nitrogens with two attached hydrogens (primary N) is 1. The van der Waals surface area contributed by atoms with Crippen molar-refractivity contribution in [3.05, 3.63) is 161 Å². The van der Waals surface area contributed by atoms with Gasteiger partial charge in [0.05, 0.1) is 80.2 Å². The monoisotopic (exact) mass is 1260 g/mol. The zero-order valence-corrected chi connectivity index (χ0v) is 46.0. The maximum absolute atomic E-state index is 12.8. The van der Waals surface area contributed by atoms with Crippen molar-refractivity contribution in [3.63, 3.8) is 0 Å². The first-order valence-corrected chi connectivity index (χ1v) is 27.4. The van der Waals surface area contributed by atoms with Crippen LogP contribution in [0.25, 0.3) is 21.4 Å². The lowest BCUT2D eigenvalue weighted by atomic mass is 10.2. The minimum Gasteiger partial charge on any atom is -0.382 e. The minimum absolute atomic E-state index is 0.0375. The third kappa shape index (κ3) is 16.1. The Morgan fingerprint density at radius 1 is 0.575 bits per heavy atom. The fraction of sp³-hybridized carbons (Fsp3) is 0.265. The number of alkyl halides is 7. The molecule has 0 spiro atoms. The summed E-state index contributed by atoms with van der Waals surface area (Å²) in [5.41, 5.74) is 10.2. The fourth-order valence-electron chi connectivity index (χ4n) is 7.03. The summed E-state index contributed by atoms with van der Waals surface area (Å²) < 4.78 is 84.3. The summed E-state index contributed by atoms with van der Waals surface area (Å²) in [5.74, 6) is 0.650. The summed E-state index contributed by atoms with van der Waals surface area (Å²) in [5, 5.41) is 10.6. The van der Waals surface area contributed by atoms with Gasteiger partial charge in [-0.1, -0.05) is 26.2 Å². The number of rotatable bonds is 12. The van der Waals surface area contributed by atoms with Crippen molar-refractivity contribution in [2.75, 3.05) is 16.0 Å². The lowest BCUT2D eigenvalue weighted by Gasteiger charge is -2.24. The van der Waals surface area contributed by atoms with Crippen molar-refractivity contribution in [1.29, 1.82) is 0 Å². The Bertz CT molecular complexity index is 3530. The highest BCUT2D eigenvalue weighted by atomic mass is 79.9. The van der Waals surface area contributed by atoms with Crippen LogP contribution in [0.1, 0.15) is 94.9 Å². The minimum atomic E-state index is -4.68. The Hall–Kier alpha value is -7.90. The maximum atomic E-state index is 12.8. The zero-order chi connectivity index (χ0) is 56.1. The molecular formula is C49H41Br2F6N19O2S2. The molecule has 0 saturated heterocycles. The molecule has 0 radical (unpaired) electrons. The summed E-state index contributed by atoms with van der Waals surface area (Å²) in [6.07, 6.45) is 22.4. The van der Waals surface area contributed by atoms with Crippen LogP contribution in [0, 0.1) is 0 Å². The molecule has 0 bridgehead atoms. The van der Waals surface area contributed by atoms with E-state index in [9.17, 15) is 26.3 Å². The smallest absolute Gasteiger partial charge is 0.382 e. The Morgan fingerprint density at radius 3 is 1.60 bits per heavy atom. The van der Waals surface area contributed by atoms with Crippen molar-refractivity contribution in [3.8, 4) is 21.4 Å². The molecule has 10 aromatic rings. The van der Waals surface area contributed by atoms with E-state index in [1.807, 2.05) is 11.0 Å². The fourth-order valence-corrected chi connectivity index (χ4v) is 9.81. The lowest BCUT2D eigenvalue weighted by molar-refractivity contribution is -0.160. The van der Waals surface area contributed by atoms with Gasteiger partial charge < -0.3 is 25.0 Å². The van der Waals surface area contributed by atoms with Crippen molar-refractivity contribution in [2.45, 2.75) is 80.5 Å². The molecule has 3 aliphatic rings. The van der Waals surface area contributed by atoms with E-state index in [2.05, 4.69) is 126 Å². The van der Waals surface area contributed by atoms with Crippen molar-refractivity contribution in [1.82, 2.24) is 80.1 Å². The van der Waals surface area contributed by atoms with Gasteiger partial charge in [-0.05, 0) is 78.7 Å². The lowest BCUT2D eigenvalue weighted by Crippen LogP contribution is -2.19. The van der Waals surface area contributed by atoms with E-state index in [0.717, 1.165) is 55.6 Å². The molecule has 10 aromatic heterocycles. The largest absolute Gasteiger partial charge is 0.471 e. The predicted octanol–water partition coefficient (Wildman–Crippen LogP) is 12.4. The SMILES string of the molecule is Brc1cncnc1C1CC1.FC(F)(F)c1nc(-c2ccc(CBr)s2)no1.FC(F)(F)c1nc(-c2ccc(CN(c3cnccn3)c3cncnc3C3CC3)s2)no1.Nc1cnccn1.c1cnc(Nc2cncnc2C2CC2)cn1. The zero-order valence-electron chi connectivity index (χ0n) is 41.2. The quantitative estimate of drug-likeness (QED) is 0.0849. The molecule has 0 aliphatic heterocycles. The van der Waals surface area contributed by atoms with Gasteiger partial charge in [0.25, 0.3) is 0 Å². The molecule has 80 heavy (non-hydrogen) atoms. The average molecular weight is 1270 g/mol. The third-order valence-corrected chi connectivity index (χ3v) is 14.9. The molecule has 10 heterocycles. The van der Waals surface area contributed by atoms with E-state index in [4.69, 9.17) is 5.73 Å². The van der Waals surface area contributed by atoms with Crippen LogP contribution in [-0.2, 0) is 24.2 Å². The van der Waals surface area contributed by atoms with Crippen LogP contribution in [0.5, 0.6) is 0 Å². The van der Waals surface area contributed by atoms with E-state index in [-0.39, 0.29) is 11.6 Å². The van der Waals surface area contributed by atoms with Gasteiger partial charge in [-0.3, -0.25) is 15.0 Å². The molecule has 3 saturated carbocycles. The number of hydrogen-bond acceptors (Lipinski definition) is 23. The molecular weight excluding hydrogens is 1220 g/mol.